The maximum Gasteiger partial charge on any atom is 0.187 e. The van der Waals surface area contributed by atoms with Crippen LogP contribution in [0.15, 0.2) is 64.8 Å². The number of hydrogen-bond acceptors (Lipinski definition) is 2. The summed E-state index contributed by atoms with van der Waals surface area (Å²) in [5.41, 5.74) is 2.17. The summed E-state index contributed by atoms with van der Waals surface area (Å²) >= 11 is 0. The lowest BCUT2D eigenvalue weighted by Gasteiger charge is -1.93. The van der Waals surface area contributed by atoms with Gasteiger partial charge in [0.1, 0.15) is 0 Å². The first-order chi connectivity index (χ1) is 7.88. The lowest BCUT2D eigenvalue weighted by atomic mass is 10.3. The first-order valence-electron chi connectivity index (χ1n) is 4.83. The molecule has 2 aromatic rings. The molecule has 0 fully saturated rings. The van der Waals surface area contributed by atoms with E-state index in [0.29, 0.717) is 5.69 Å². The zero-order valence-electron chi connectivity index (χ0n) is 8.54. The van der Waals surface area contributed by atoms with Crippen LogP contribution in [0, 0.1) is 6.57 Å². The zero-order chi connectivity index (χ0) is 11.2. The molecule has 2 rings (SSSR count). The fraction of sp³-hybridized carbons (Fsp3) is 0. The Bertz CT molecular complexity index is 521. The van der Waals surface area contributed by atoms with Gasteiger partial charge in [-0.1, -0.05) is 30.3 Å². The van der Waals surface area contributed by atoms with Crippen LogP contribution in [0.3, 0.4) is 0 Å². The van der Waals surface area contributed by atoms with Crippen molar-refractivity contribution in [2.45, 2.75) is 0 Å². The standard InChI is InChI=1S/C13H9N3/c1-14-11-7-9-13(10-8-11)16-15-12-5-3-2-4-6-12/h2-10H. The molecule has 0 amide bonds. The van der Waals surface area contributed by atoms with Gasteiger partial charge < -0.3 is 0 Å². The van der Waals surface area contributed by atoms with Gasteiger partial charge in [0.05, 0.1) is 17.9 Å². The molecule has 0 aliphatic rings. The molecule has 3 heteroatoms. The third-order valence-electron chi connectivity index (χ3n) is 2.02. The average Bonchev–Trinajstić information content (AvgIpc) is 2.38. The van der Waals surface area contributed by atoms with E-state index in [1.165, 1.54) is 0 Å². The quantitative estimate of drug-likeness (QED) is 0.506. The monoisotopic (exact) mass is 207 g/mol. The molecule has 0 saturated carbocycles. The number of hydrogen-bond donors (Lipinski definition) is 0. The van der Waals surface area contributed by atoms with Crippen LogP contribution in [0.5, 0.6) is 0 Å². The topological polar surface area (TPSA) is 29.1 Å². The summed E-state index contributed by atoms with van der Waals surface area (Å²) in [6, 6.07) is 16.5. The van der Waals surface area contributed by atoms with Crippen molar-refractivity contribution in [2.75, 3.05) is 0 Å². The predicted octanol–water partition coefficient (Wildman–Crippen LogP) is 4.65. The van der Waals surface area contributed by atoms with Gasteiger partial charge in [0.25, 0.3) is 0 Å². The van der Waals surface area contributed by atoms with E-state index in [0.717, 1.165) is 11.4 Å². The molecule has 3 nitrogen and oxygen atoms in total. The first kappa shape index (κ1) is 10.1. The van der Waals surface area contributed by atoms with E-state index in [9.17, 15) is 0 Å². The van der Waals surface area contributed by atoms with Crippen molar-refractivity contribution in [3.63, 3.8) is 0 Å². The highest BCUT2D eigenvalue weighted by molar-refractivity contribution is 5.51. The number of benzene rings is 2. The molecule has 0 atom stereocenters. The van der Waals surface area contributed by atoms with E-state index in [2.05, 4.69) is 15.1 Å². The van der Waals surface area contributed by atoms with Crippen LogP contribution in [0.2, 0.25) is 0 Å². The van der Waals surface area contributed by atoms with E-state index < -0.39 is 0 Å². The molecule has 0 saturated heterocycles. The average molecular weight is 207 g/mol. The van der Waals surface area contributed by atoms with Gasteiger partial charge in [-0.2, -0.15) is 10.2 Å². The van der Waals surface area contributed by atoms with Gasteiger partial charge in [-0.3, -0.25) is 0 Å². The number of rotatable bonds is 2. The highest BCUT2D eigenvalue weighted by Gasteiger charge is 1.91. The molecule has 0 aliphatic heterocycles. The zero-order valence-corrected chi connectivity index (χ0v) is 8.54. The predicted molar refractivity (Wildman–Crippen MR) is 63.3 cm³/mol. The first-order valence-corrected chi connectivity index (χ1v) is 4.83. The fourth-order valence-electron chi connectivity index (χ4n) is 1.20. The van der Waals surface area contributed by atoms with Crippen molar-refractivity contribution in [2.24, 2.45) is 10.2 Å². The van der Waals surface area contributed by atoms with Crippen molar-refractivity contribution >= 4 is 17.1 Å². The molecule has 0 unspecified atom stereocenters. The van der Waals surface area contributed by atoms with E-state index >= 15 is 0 Å². The van der Waals surface area contributed by atoms with E-state index in [-0.39, 0.29) is 0 Å². The lowest BCUT2D eigenvalue weighted by molar-refractivity contribution is 1.23. The molecule has 76 valence electrons. The second-order valence-corrected chi connectivity index (χ2v) is 3.16. The highest BCUT2D eigenvalue weighted by atomic mass is 15.1. The van der Waals surface area contributed by atoms with Crippen molar-refractivity contribution in [3.8, 4) is 0 Å². The van der Waals surface area contributed by atoms with Crippen LogP contribution >= 0.6 is 0 Å². The molecule has 16 heavy (non-hydrogen) atoms. The molecular weight excluding hydrogens is 198 g/mol. The molecule has 2 aromatic carbocycles. The maximum absolute atomic E-state index is 6.82. The van der Waals surface area contributed by atoms with Crippen LogP contribution in [0.25, 0.3) is 4.85 Å². The van der Waals surface area contributed by atoms with Crippen LogP contribution in [-0.2, 0) is 0 Å². The Kier molecular flexibility index (Phi) is 3.05. The fourth-order valence-corrected chi connectivity index (χ4v) is 1.20. The molecule has 0 heterocycles. The SMILES string of the molecule is [C-]#[N+]c1ccc(N=Nc2ccccc2)cc1. The van der Waals surface area contributed by atoms with Gasteiger partial charge in [0.15, 0.2) is 5.69 Å². The van der Waals surface area contributed by atoms with Crippen LogP contribution in [-0.4, -0.2) is 0 Å². The van der Waals surface area contributed by atoms with E-state index in [4.69, 9.17) is 6.57 Å². The summed E-state index contributed by atoms with van der Waals surface area (Å²) in [4.78, 5) is 3.31. The van der Waals surface area contributed by atoms with Crippen LogP contribution in [0.4, 0.5) is 17.1 Å². The Labute approximate surface area is 93.9 Å². The summed E-state index contributed by atoms with van der Waals surface area (Å²) in [5, 5.41) is 8.15. The van der Waals surface area contributed by atoms with Crippen molar-refractivity contribution in [1.82, 2.24) is 0 Å². The molecule has 0 N–H and O–H groups in total. The van der Waals surface area contributed by atoms with Crippen LogP contribution in [0.1, 0.15) is 0 Å². The van der Waals surface area contributed by atoms with Crippen molar-refractivity contribution in [3.05, 3.63) is 66.0 Å². The Balaban J connectivity index is 2.15. The van der Waals surface area contributed by atoms with Gasteiger partial charge in [-0.15, -0.1) is 0 Å². The summed E-state index contributed by atoms with van der Waals surface area (Å²) in [7, 11) is 0. The smallest absolute Gasteiger partial charge is 0.187 e. The normalized spacial score (nSPS) is 10.2. The minimum Gasteiger partial charge on any atom is -0.238 e. The van der Waals surface area contributed by atoms with Gasteiger partial charge in [-0.05, 0) is 24.3 Å². The molecule has 0 spiro atoms. The Morgan fingerprint density at radius 3 is 1.88 bits per heavy atom. The Hall–Kier alpha value is -2.47. The minimum absolute atomic E-state index is 0.610. The molecule has 0 aromatic heterocycles. The van der Waals surface area contributed by atoms with Gasteiger partial charge in [-0.25, -0.2) is 4.85 Å². The summed E-state index contributed by atoms with van der Waals surface area (Å²) in [5.74, 6) is 0. The van der Waals surface area contributed by atoms with Gasteiger partial charge in [0, 0.05) is 0 Å². The summed E-state index contributed by atoms with van der Waals surface area (Å²) < 4.78 is 0. The largest absolute Gasteiger partial charge is 0.238 e. The molecular formula is C13H9N3. The Morgan fingerprint density at radius 2 is 1.31 bits per heavy atom. The number of nitrogens with zero attached hydrogens (tertiary/aromatic N) is 3. The second-order valence-electron chi connectivity index (χ2n) is 3.16. The third kappa shape index (κ3) is 2.52. The second kappa shape index (κ2) is 4.85. The molecule has 0 radical (unpaired) electrons. The summed E-state index contributed by atoms with van der Waals surface area (Å²) in [6.45, 7) is 6.82. The van der Waals surface area contributed by atoms with Gasteiger partial charge >= 0.3 is 0 Å². The van der Waals surface area contributed by atoms with E-state index in [1.54, 1.807) is 24.3 Å². The van der Waals surface area contributed by atoms with Crippen molar-refractivity contribution in [1.29, 1.82) is 0 Å². The highest BCUT2D eigenvalue weighted by Crippen LogP contribution is 2.20. The minimum atomic E-state index is 0.610. The Morgan fingerprint density at radius 1 is 0.750 bits per heavy atom. The number of azo groups is 1. The van der Waals surface area contributed by atoms with Gasteiger partial charge in [0.2, 0.25) is 0 Å². The van der Waals surface area contributed by atoms with Crippen molar-refractivity contribution < 1.29 is 0 Å². The van der Waals surface area contributed by atoms with E-state index in [1.807, 2.05) is 30.3 Å². The summed E-state index contributed by atoms with van der Waals surface area (Å²) in [6.07, 6.45) is 0. The maximum atomic E-state index is 6.82. The van der Waals surface area contributed by atoms with Crippen LogP contribution < -0.4 is 0 Å². The lowest BCUT2D eigenvalue weighted by Crippen LogP contribution is -1.64. The molecule has 0 bridgehead atoms. The molecule has 0 aliphatic carbocycles. The third-order valence-corrected chi connectivity index (χ3v) is 2.02.